The van der Waals surface area contributed by atoms with Crippen LogP contribution in [0.5, 0.6) is 0 Å². The molecule has 0 N–H and O–H groups in total. The summed E-state index contributed by atoms with van der Waals surface area (Å²) in [6.07, 6.45) is 6.78. The molecule has 9 aromatic rings. The number of para-hydroxylation sites is 1. The Kier molecular flexibility index (Phi) is 7.95. The Morgan fingerprint density at radius 1 is 0.410 bits per heavy atom. The number of anilines is 3. The Morgan fingerprint density at radius 3 is 1.69 bits per heavy atom. The molecular formula is C59H47NS. The lowest BCUT2D eigenvalue weighted by molar-refractivity contribution is -0.0440. The average Bonchev–Trinajstić information content (AvgIpc) is 3.70. The van der Waals surface area contributed by atoms with E-state index in [-0.39, 0.29) is 5.41 Å². The summed E-state index contributed by atoms with van der Waals surface area (Å²) in [6, 6.07) is 76.3. The molecule has 61 heavy (non-hydrogen) atoms. The van der Waals surface area contributed by atoms with E-state index in [1.165, 1.54) is 103 Å². The van der Waals surface area contributed by atoms with Crippen LogP contribution in [0.4, 0.5) is 17.1 Å². The first-order chi connectivity index (χ1) is 30.2. The lowest BCUT2D eigenvalue weighted by Crippen LogP contribution is -2.59. The highest BCUT2D eigenvalue weighted by molar-refractivity contribution is 7.26. The van der Waals surface area contributed by atoms with Gasteiger partial charge in [0.25, 0.3) is 0 Å². The van der Waals surface area contributed by atoms with Gasteiger partial charge >= 0.3 is 0 Å². The predicted molar refractivity (Wildman–Crippen MR) is 256 cm³/mol. The zero-order valence-electron chi connectivity index (χ0n) is 34.3. The van der Waals surface area contributed by atoms with Gasteiger partial charge in [-0.25, -0.2) is 0 Å². The van der Waals surface area contributed by atoms with Crippen LogP contribution in [0.1, 0.15) is 65.5 Å². The maximum Gasteiger partial charge on any atom is 0.0707 e. The van der Waals surface area contributed by atoms with E-state index < -0.39 is 5.41 Å². The maximum absolute atomic E-state index is 2.68. The molecule has 5 aliphatic rings. The first kappa shape index (κ1) is 35.5. The van der Waals surface area contributed by atoms with Gasteiger partial charge in [-0.1, -0.05) is 158 Å². The Labute approximate surface area is 363 Å². The van der Waals surface area contributed by atoms with Gasteiger partial charge in [0.15, 0.2) is 0 Å². The van der Waals surface area contributed by atoms with Gasteiger partial charge in [0, 0.05) is 42.6 Å². The number of hydrogen-bond acceptors (Lipinski definition) is 2. The van der Waals surface area contributed by atoms with Gasteiger partial charge in [0.1, 0.15) is 0 Å². The topological polar surface area (TPSA) is 3.24 Å². The molecule has 4 saturated carbocycles. The highest BCUT2D eigenvalue weighted by atomic mass is 32.1. The third-order valence-corrected chi connectivity index (χ3v) is 16.8. The third-order valence-electron chi connectivity index (χ3n) is 15.6. The summed E-state index contributed by atoms with van der Waals surface area (Å²) in [5.74, 6) is 2.96. The van der Waals surface area contributed by atoms with Crippen LogP contribution >= 0.6 is 11.3 Å². The second kappa shape index (κ2) is 13.6. The van der Waals surface area contributed by atoms with E-state index in [1.807, 2.05) is 11.3 Å². The maximum atomic E-state index is 2.68. The fraction of sp³-hybridized carbons (Fsp3) is 0.186. The Hall–Kier alpha value is -6.22. The molecule has 14 rings (SSSR count). The van der Waals surface area contributed by atoms with E-state index in [0.29, 0.717) is 11.8 Å². The molecule has 8 aromatic carbocycles. The number of nitrogens with zero attached hydrogens (tertiary/aromatic N) is 1. The van der Waals surface area contributed by atoms with Gasteiger partial charge in [0.05, 0.1) is 5.41 Å². The Bertz CT molecular complexity index is 3040. The summed E-state index contributed by atoms with van der Waals surface area (Å²) >= 11 is 1.91. The first-order valence-corrected chi connectivity index (χ1v) is 23.2. The molecule has 294 valence electrons. The zero-order chi connectivity index (χ0) is 40.1. The quantitative estimate of drug-likeness (QED) is 0.162. The van der Waals surface area contributed by atoms with Gasteiger partial charge in [-0.3, -0.25) is 0 Å². The number of fused-ring (bicyclic) bond motifs is 5. The standard InChI is InChI=1S/C59H47NS/c1-4-17-42(18-5-1)58(43-19-6-2-7-20-43)52-27-11-12-28-53(52)59(44-33-39-32-40(35-44)36-45(59)34-39)55-38-48(30-31-54(55)58)60(46-21-8-3-9-22-46)47-23-14-16-41(37-47)49-25-15-26-51-50-24-10-13-29-56(50)61-57(49)51/h1-31,37-40,44-45H,32-36H2. The van der Waals surface area contributed by atoms with Crippen LogP contribution in [-0.2, 0) is 10.8 Å². The van der Waals surface area contributed by atoms with Gasteiger partial charge < -0.3 is 4.90 Å². The second-order valence-corrected chi connectivity index (χ2v) is 19.5. The zero-order valence-corrected chi connectivity index (χ0v) is 35.1. The number of thiophene rings is 1. The molecule has 4 fully saturated rings. The fourth-order valence-corrected chi connectivity index (χ4v) is 14.8. The minimum atomic E-state index is -0.465. The molecule has 0 saturated heterocycles. The molecule has 1 spiro atoms. The molecule has 4 bridgehead atoms. The van der Waals surface area contributed by atoms with Crippen LogP contribution in [0.25, 0.3) is 31.3 Å². The lowest BCUT2D eigenvalue weighted by Gasteiger charge is -2.65. The van der Waals surface area contributed by atoms with Crippen molar-refractivity contribution in [2.24, 2.45) is 23.7 Å². The van der Waals surface area contributed by atoms with Crippen molar-refractivity contribution >= 4 is 48.6 Å². The summed E-state index contributed by atoms with van der Waals surface area (Å²) in [7, 11) is 0. The fourth-order valence-electron chi connectivity index (χ4n) is 13.6. The molecule has 1 heterocycles. The van der Waals surface area contributed by atoms with Crippen molar-refractivity contribution in [3.8, 4) is 11.1 Å². The highest BCUT2D eigenvalue weighted by Gasteiger charge is 2.63. The van der Waals surface area contributed by atoms with E-state index >= 15 is 0 Å². The van der Waals surface area contributed by atoms with Crippen LogP contribution in [0, 0.1) is 23.7 Å². The highest BCUT2D eigenvalue weighted by Crippen LogP contribution is 2.70. The Morgan fingerprint density at radius 2 is 0.967 bits per heavy atom. The van der Waals surface area contributed by atoms with E-state index in [0.717, 1.165) is 11.8 Å². The van der Waals surface area contributed by atoms with Crippen molar-refractivity contribution in [2.75, 3.05) is 4.90 Å². The minimum absolute atomic E-state index is 0.0521. The molecule has 0 aliphatic heterocycles. The van der Waals surface area contributed by atoms with Crippen molar-refractivity contribution < 1.29 is 0 Å². The lowest BCUT2D eigenvalue weighted by atomic mass is 9.38. The average molecular weight is 802 g/mol. The van der Waals surface area contributed by atoms with Crippen LogP contribution in [-0.4, -0.2) is 0 Å². The van der Waals surface area contributed by atoms with Crippen molar-refractivity contribution in [2.45, 2.75) is 42.9 Å². The second-order valence-electron chi connectivity index (χ2n) is 18.4. The van der Waals surface area contributed by atoms with Gasteiger partial charge in [-0.2, -0.15) is 0 Å². The molecule has 1 nitrogen and oxygen atoms in total. The molecule has 1 aromatic heterocycles. The summed E-state index contributed by atoms with van der Waals surface area (Å²) in [4.78, 5) is 2.53. The third kappa shape index (κ3) is 5.06. The smallest absolute Gasteiger partial charge is 0.0707 e. The van der Waals surface area contributed by atoms with E-state index in [4.69, 9.17) is 0 Å². The summed E-state index contributed by atoms with van der Waals surface area (Å²) < 4.78 is 2.69. The van der Waals surface area contributed by atoms with Crippen LogP contribution in [0.3, 0.4) is 0 Å². The SMILES string of the molecule is c1ccc(N(c2cccc(-c3cccc4c3sc3ccccc34)c2)c2ccc3c(c2)C2(c4ccccc4C3(c3ccccc3)c3ccccc3)C3CC4CC(C3)CC2C4)cc1. The molecule has 0 radical (unpaired) electrons. The van der Waals surface area contributed by atoms with Crippen molar-refractivity contribution in [3.63, 3.8) is 0 Å². The summed E-state index contributed by atoms with van der Waals surface area (Å²) in [5, 5.41) is 2.67. The minimum Gasteiger partial charge on any atom is -0.310 e. The monoisotopic (exact) mass is 801 g/mol. The van der Waals surface area contributed by atoms with E-state index in [2.05, 4.69) is 205 Å². The number of benzene rings is 8. The largest absolute Gasteiger partial charge is 0.310 e. The molecule has 0 atom stereocenters. The first-order valence-electron chi connectivity index (χ1n) is 22.4. The van der Waals surface area contributed by atoms with Crippen molar-refractivity contribution in [3.05, 3.63) is 234 Å². The van der Waals surface area contributed by atoms with Gasteiger partial charge in [0.2, 0.25) is 0 Å². The number of hydrogen-bond donors (Lipinski definition) is 0. The summed E-state index contributed by atoms with van der Waals surface area (Å²) in [5.41, 5.74) is 14.3. The van der Waals surface area contributed by atoms with Crippen molar-refractivity contribution in [1.29, 1.82) is 0 Å². The Balaban J connectivity index is 1.08. The molecule has 5 aliphatic carbocycles. The van der Waals surface area contributed by atoms with E-state index in [9.17, 15) is 0 Å². The summed E-state index contributed by atoms with van der Waals surface area (Å²) in [6.45, 7) is 0. The number of rotatable bonds is 6. The van der Waals surface area contributed by atoms with Crippen molar-refractivity contribution in [1.82, 2.24) is 0 Å². The normalized spacial score (nSPS) is 23.0. The predicted octanol–water partition coefficient (Wildman–Crippen LogP) is 15.6. The van der Waals surface area contributed by atoms with Crippen LogP contribution in [0.2, 0.25) is 0 Å². The van der Waals surface area contributed by atoms with E-state index in [1.54, 1.807) is 11.1 Å². The molecule has 0 amide bonds. The molecular weight excluding hydrogens is 755 g/mol. The molecule has 2 heteroatoms. The van der Waals surface area contributed by atoms with Gasteiger partial charge in [-0.15, -0.1) is 11.3 Å². The van der Waals surface area contributed by atoms with Crippen LogP contribution in [0.15, 0.2) is 200 Å². The van der Waals surface area contributed by atoms with Gasteiger partial charge in [-0.05, 0) is 143 Å². The molecule has 0 unspecified atom stereocenters. The van der Waals surface area contributed by atoms with Crippen LogP contribution < -0.4 is 4.90 Å².